The maximum absolute atomic E-state index is 12.3. The average Bonchev–Trinajstić information content (AvgIpc) is 2.87. The van der Waals surface area contributed by atoms with Crippen LogP contribution in [-0.2, 0) is 0 Å². The number of aryl methyl sites for hydroxylation is 2. The molecule has 0 spiro atoms. The van der Waals surface area contributed by atoms with Crippen molar-refractivity contribution in [1.82, 2.24) is 20.4 Å². The normalized spacial score (nSPS) is 17.4. The molecule has 6 heteroatoms. The Kier molecular flexibility index (Phi) is 5.80. The van der Waals surface area contributed by atoms with Crippen LogP contribution in [0.4, 0.5) is 0 Å². The Hall–Kier alpha value is -1.85. The molecule has 5 nitrogen and oxygen atoms in total. The summed E-state index contributed by atoms with van der Waals surface area (Å²) in [4.78, 5) is 12.3. The van der Waals surface area contributed by atoms with Gasteiger partial charge in [0.15, 0.2) is 0 Å². The van der Waals surface area contributed by atoms with Crippen molar-refractivity contribution in [1.29, 1.82) is 0 Å². The van der Waals surface area contributed by atoms with Gasteiger partial charge < -0.3 is 10.6 Å². The second kappa shape index (κ2) is 7.62. The molecule has 1 aliphatic heterocycles. The van der Waals surface area contributed by atoms with Gasteiger partial charge in [-0.2, -0.15) is 5.10 Å². The van der Waals surface area contributed by atoms with E-state index in [2.05, 4.69) is 15.7 Å². The smallest absolute Gasteiger partial charge is 0.251 e. The first kappa shape index (κ1) is 17.5. The van der Waals surface area contributed by atoms with Crippen molar-refractivity contribution in [3.63, 3.8) is 0 Å². The maximum atomic E-state index is 12.3. The van der Waals surface area contributed by atoms with E-state index >= 15 is 0 Å². The number of rotatable bonds is 3. The molecule has 0 bridgehead atoms. The number of nitrogens with one attached hydrogen (secondary N) is 2. The molecule has 1 aromatic heterocycles. The highest BCUT2D eigenvalue weighted by Gasteiger charge is 2.16. The maximum Gasteiger partial charge on any atom is 0.251 e. The third-order valence-electron chi connectivity index (χ3n) is 4.02. The van der Waals surface area contributed by atoms with Gasteiger partial charge in [0.25, 0.3) is 5.91 Å². The summed E-state index contributed by atoms with van der Waals surface area (Å²) >= 11 is 0. The minimum Gasteiger partial charge on any atom is -0.348 e. The van der Waals surface area contributed by atoms with Crippen LogP contribution in [-0.4, -0.2) is 34.8 Å². The molecule has 0 radical (unpaired) electrons. The standard InChI is InChI=1S/C17H22N4O.ClH/c1-12-10-13(2)21(20-12)16-7-5-14(6-8-16)17(22)19-15-4-3-9-18-11-15;/h5-8,10,15,18H,3-4,9,11H2,1-2H3,(H,19,22);1H. The van der Waals surface area contributed by atoms with Gasteiger partial charge >= 0.3 is 0 Å². The fraction of sp³-hybridized carbons (Fsp3) is 0.412. The van der Waals surface area contributed by atoms with E-state index in [4.69, 9.17) is 0 Å². The van der Waals surface area contributed by atoms with Crippen LogP contribution < -0.4 is 10.6 Å². The number of piperidine rings is 1. The SMILES string of the molecule is Cc1cc(C)n(-c2ccc(C(=O)NC3CCCNC3)cc2)n1.Cl. The number of benzene rings is 1. The topological polar surface area (TPSA) is 59.0 Å². The lowest BCUT2D eigenvalue weighted by Crippen LogP contribution is -2.45. The Morgan fingerprint density at radius 2 is 2.04 bits per heavy atom. The highest BCUT2D eigenvalue weighted by Crippen LogP contribution is 2.13. The van der Waals surface area contributed by atoms with Crippen LogP contribution in [0.25, 0.3) is 5.69 Å². The predicted molar refractivity (Wildman–Crippen MR) is 93.6 cm³/mol. The van der Waals surface area contributed by atoms with Crippen molar-refractivity contribution in [2.75, 3.05) is 13.1 Å². The summed E-state index contributed by atoms with van der Waals surface area (Å²) in [5.74, 6) is -0.00591. The molecule has 3 rings (SSSR count). The van der Waals surface area contributed by atoms with Crippen LogP contribution in [0.15, 0.2) is 30.3 Å². The number of carbonyl (C=O) groups excluding carboxylic acids is 1. The van der Waals surface area contributed by atoms with Crippen LogP contribution in [0.2, 0.25) is 0 Å². The van der Waals surface area contributed by atoms with Gasteiger partial charge in [0, 0.05) is 23.8 Å². The zero-order valence-electron chi connectivity index (χ0n) is 13.5. The predicted octanol–water partition coefficient (Wildman–Crippen LogP) is 2.39. The molecule has 0 saturated carbocycles. The van der Waals surface area contributed by atoms with Crippen molar-refractivity contribution in [3.8, 4) is 5.69 Å². The van der Waals surface area contributed by atoms with Crippen LogP contribution in [0.5, 0.6) is 0 Å². The van der Waals surface area contributed by atoms with Gasteiger partial charge in [-0.3, -0.25) is 4.79 Å². The van der Waals surface area contributed by atoms with Crippen LogP contribution in [0.3, 0.4) is 0 Å². The molecule has 2 heterocycles. The quantitative estimate of drug-likeness (QED) is 0.906. The zero-order valence-corrected chi connectivity index (χ0v) is 14.3. The lowest BCUT2D eigenvalue weighted by molar-refractivity contribution is 0.0930. The number of amides is 1. The van der Waals surface area contributed by atoms with Gasteiger partial charge in [-0.25, -0.2) is 4.68 Å². The Bertz CT molecular complexity index is 660. The minimum atomic E-state index is -0.00591. The van der Waals surface area contributed by atoms with E-state index in [1.165, 1.54) is 0 Å². The van der Waals surface area contributed by atoms with Gasteiger partial charge in [0.05, 0.1) is 11.4 Å². The molecular formula is C17H23ClN4O. The van der Waals surface area contributed by atoms with Crippen LogP contribution in [0, 0.1) is 13.8 Å². The molecule has 0 aliphatic carbocycles. The van der Waals surface area contributed by atoms with Crippen molar-refractivity contribution in [3.05, 3.63) is 47.3 Å². The molecule has 1 atom stereocenters. The van der Waals surface area contributed by atoms with E-state index in [1.807, 2.05) is 48.9 Å². The summed E-state index contributed by atoms with van der Waals surface area (Å²) in [5, 5.41) is 10.8. The average molecular weight is 335 g/mol. The number of hydrogen-bond donors (Lipinski definition) is 2. The van der Waals surface area contributed by atoms with Crippen molar-refractivity contribution < 1.29 is 4.79 Å². The van der Waals surface area contributed by atoms with Crippen LogP contribution in [0.1, 0.15) is 34.6 Å². The number of hydrogen-bond acceptors (Lipinski definition) is 3. The molecule has 1 fully saturated rings. The minimum absolute atomic E-state index is 0. The van der Waals surface area contributed by atoms with E-state index in [-0.39, 0.29) is 24.4 Å². The molecule has 1 aliphatic rings. The summed E-state index contributed by atoms with van der Waals surface area (Å²) in [6, 6.07) is 9.86. The van der Waals surface area contributed by atoms with Gasteiger partial charge in [0.2, 0.25) is 0 Å². The third kappa shape index (κ3) is 4.12. The first-order valence-electron chi connectivity index (χ1n) is 7.79. The van der Waals surface area contributed by atoms with E-state index in [1.54, 1.807) is 0 Å². The Morgan fingerprint density at radius 3 is 2.61 bits per heavy atom. The number of nitrogens with zero attached hydrogens (tertiary/aromatic N) is 2. The molecule has 2 aromatic rings. The van der Waals surface area contributed by atoms with E-state index in [9.17, 15) is 4.79 Å². The van der Waals surface area contributed by atoms with Crippen LogP contribution >= 0.6 is 12.4 Å². The van der Waals surface area contributed by atoms with Gasteiger partial charge in [-0.1, -0.05) is 0 Å². The Labute approximate surface area is 142 Å². The molecule has 1 amide bonds. The van der Waals surface area contributed by atoms with E-state index in [0.717, 1.165) is 43.0 Å². The lowest BCUT2D eigenvalue weighted by atomic mass is 10.1. The van der Waals surface area contributed by atoms with Crippen molar-refractivity contribution in [2.24, 2.45) is 0 Å². The van der Waals surface area contributed by atoms with Gasteiger partial charge in [0.1, 0.15) is 0 Å². The van der Waals surface area contributed by atoms with Crippen molar-refractivity contribution in [2.45, 2.75) is 32.7 Å². The molecular weight excluding hydrogens is 312 g/mol. The summed E-state index contributed by atoms with van der Waals surface area (Å²) in [5.41, 5.74) is 3.74. The fourth-order valence-electron chi connectivity index (χ4n) is 2.89. The largest absolute Gasteiger partial charge is 0.348 e. The number of carbonyl (C=O) groups is 1. The highest BCUT2D eigenvalue weighted by atomic mass is 35.5. The third-order valence-corrected chi connectivity index (χ3v) is 4.02. The molecule has 1 unspecified atom stereocenters. The van der Waals surface area contributed by atoms with Crippen molar-refractivity contribution >= 4 is 18.3 Å². The Morgan fingerprint density at radius 1 is 1.30 bits per heavy atom. The Balaban J connectivity index is 0.00000192. The summed E-state index contributed by atoms with van der Waals surface area (Å²) in [7, 11) is 0. The highest BCUT2D eigenvalue weighted by molar-refractivity contribution is 5.94. The zero-order chi connectivity index (χ0) is 15.5. The molecule has 124 valence electrons. The monoisotopic (exact) mass is 334 g/mol. The summed E-state index contributed by atoms with van der Waals surface area (Å²) in [6.45, 7) is 5.90. The fourth-order valence-corrected chi connectivity index (χ4v) is 2.89. The summed E-state index contributed by atoms with van der Waals surface area (Å²) < 4.78 is 1.89. The van der Waals surface area contributed by atoms with E-state index in [0.29, 0.717) is 5.56 Å². The molecule has 2 N–H and O–H groups in total. The molecule has 1 saturated heterocycles. The van der Waals surface area contributed by atoms with Gasteiger partial charge in [-0.15, -0.1) is 12.4 Å². The molecule has 23 heavy (non-hydrogen) atoms. The second-order valence-corrected chi connectivity index (χ2v) is 5.90. The number of halogens is 1. The first-order valence-corrected chi connectivity index (χ1v) is 7.79. The van der Waals surface area contributed by atoms with E-state index < -0.39 is 0 Å². The lowest BCUT2D eigenvalue weighted by Gasteiger charge is -2.23. The number of aromatic nitrogens is 2. The molecule has 1 aromatic carbocycles. The van der Waals surface area contributed by atoms with Gasteiger partial charge in [-0.05, 0) is 63.6 Å². The first-order chi connectivity index (χ1) is 10.6. The summed E-state index contributed by atoms with van der Waals surface area (Å²) in [6.07, 6.45) is 2.16. The second-order valence-electron chi connectivity index (χ2n) is 5.90.